The van der Waals surface area contributed by atoms with Gasteiger partial charge in [-0.3, -0.25) is 13.9 Å². The zero-order valence-corrected chi connectivity index (χ0v) is 25.9. The average molecular weight is 645 g/mol. The van der Waals surface area contributed by atoms with Crippen molar-refractivity contribution in [3.05, 3.63) is 97.9 Å². The van der Waals surface area contributed by atoms with Crippen LogP contribution < -0.4 is 9.62 Å². The second-order valence-corrected chi connectivity index (χ2v) is 13.0. The highest BCUT2D eigenvalue weighted by atomic mass is 35.5. The molecule has 0 bridgehead atoms. The minimum absolute atomic E-state index is 0.0461. The Kier molecular flexibility index (Phi) is 11.1. The molecule has 40 heavy (non-hydrogen) atoms. The molecule has 0 unspecified atom stereocenters. The first-order chi connectivity index (χ1) is 18.8. The third-order valence-corrected chi connectivity index (χ3v) is 8.32. The van der Waals surface area contributed by atoms with Gasteiger partial charge in [0.1, 0.15) is 12.6 Å². The molecule has 0 saturated heterocycles. The number of rotatable bonds is 11. The SMILES string of the molecule is CC(C)NC(=O)[C@H](Cc1ccccc1)N(Cc1c(Cl)cccc1Cl)C(=O)CN(c1ccc(Cl)cc1Cl)S(C)(=O)=O. The minimum atomic E-state index is -3.99. The lowest BCUT2D eigenvalue weighted by Crippen LogP contribution is -2.54. The van der Waals surface area contributed by atoms with E-state index in [1.807, 2.05) is 44.2 Å². The van der Waals surface area contributed by atoms with Crippen LogP contribution in [0.1, 0.15) is 25.0 Å². The van der Waals surface area contributed by atoms with Gasteiger partial charge in [-0.2, -0.15) is 0 Å². The Morgan fingerprint density at radius 2 is 1.50 bits per heavy atom. The summed E-state index contributed by atoms with van der Waals surface area (Å²) in [5.74, 6) is -1.07. The number of anilines is 1. The quantitative estimate of drug-likeness (QED) is 0.268. The standard InChI is InChI=1S/C28H29Cl4N3O4S/c1-18(2)33-28(37)26(14-19-8-5-4-6-9-19)34(16-21-22(30)10-7-11-23(21)31)27(36)17-35(40(3,38)39)25-13-12-20(29)15-24(25)32/h4-13,15,18,26H,14,16-17H2,1-3H3,(H,33,37)/t26-/m0/s1. The molecule has 0 aliphatic heterocycles. The van der Waals surface area contributed by atoms with Crippen molar-refractivity contribution in [2.75, 3.05) is 17.1 Å². The summed E-state index contributed by atoms with van der Waals surface area (Å²) < 4.78 is 26.6. The van der Waals surface area contributed by atoms with Crippen molar-refractivity contribution < 1.29 is 18.0 Å². The van der Waals surface area contributed by atoms with Gasteiger partial charge < -0.3 is 10.2 Å². The lowest BCUT2D eigenvalue weighted by atomic mass is 10.0. The summed E-state index contributed by atoms with van der Waals surface area (Å²) in [5.41, 5.74) is 1.30. The summed E-state index contributed by atoms with van der Waals surface area (Å²) in [7, 11) is -3.99. The van der Waals surface area contributed by atoms with Gasteiger partial charge in [0, 0.05) is 39.6 Å². The third kappa shape index (κ3) is 8.51. The van der Waals surface area contributed by atoms with Crippen LogP contribution in [0.5, 0.6) is 0 Å². The molecule has 1 N–H and O–H groups in total. The van der Waals surface area contributed by atoms with Crippen molar-refractivity contribution in [1.29, 1.82) is 0 Å². The number of sulfonamides is 1. The maximum Gasteiger partial charge on any atom is 0.244 e. The second-order valence-electron chi connectivity index (χ2n) is 9.46. The number of carbonyl (C=O) groups excluding carboxylic acids is 2. The zero-order valence-electron chi connectivity index (χ0n) is 22.1. The van der Waals surface area contributed by atoms with Crippen molar-refractivity contribution in [1.82, 2.24) is 10.2 Å². The number of hydrogen-bond acceptors (Lipinski definition) is 4. The van der Waals surface area contributed by atoms with Crippen LogP contribution in [0.15, 0.2) is 66.7 Å². The molecule has 7 nitrogen and oxygen atoms in total. The molecule has 3 rings (SSSR count). The molecule has 0 aromatic heterocycles. The Balaban J connectivity index is 2.12. The van der Waals surface area contributed by atoms with E-state index in [2.05, 4.69) is 5.32 Å². The van der Waals surface area contributed by atoms with E-state index >= 15 is 0 Å². The Hall–Kier alpha value is -2.49. The minimum Gasteiger partial charge on any atom is -0.352 e. The molecule has 0 spiro atoms. The van der Waals surface area contributed by atoms with Gasteiger partial charge >= 0.3 is 0 Å². The molecule has 214 valence electrons. The summed E-state index contributed by atoms with van der Waals surface area (Å²) >= 11 is 25.3. The van der Waals surface area contributed by atoms with E-state index in [1.165, 1.54) is 23.1 Å². The first kappa shape index (κ1) is 32.0. The van der Waals surface area contributed by atoms with Gasteiger partial charge in [0.15, 0.2) is 0 Å². The molecule has 0 fully saturated rings. The predicted molar refractivity (Wildman–Crippen MR) is 163 cm³/mol. The summed E-state index contributed by atoms with van der Waals surface area (Å²) in [6.45, 7) is 2.83. The largest absolute Gasteiger partial charge is 0.352 e. The van der Waals surface area contributed by atoms with E-state index in [-0.39, 0.29) is 29.7 Å². The van der Waals surface area contributed by atoms with Gasteiger partial charge in [-0.05, 0) is 49.7 Å². The molecule has 2 amide bonds. The number of hydrogen-bond donors (Lipinski definition) is 1. The van der Waals surface area contributed by atoms with Crippen LogP contribution in [0.25, 0.3) is 0 Å². The van der Waals surface area contributed by atoms with Gasteiger partial charge in [-0.1, -0.05) is 82.8 Å². The number of nitrogens with one attached hydrogen (secondary N) is 1. The summed E-state index contributed by atoms with van der Waals surface area (Å²) in [6.07, 6.45) is 1.13. The van der Waals surface area contributed by atoms with E-state index in [0.29, 0.717) is 20.6 Å². The molecule has 0 heterocycles. The number of nitrogens with zero attached hydrogens (tertiary/aromatic N) is 2. The van der Waals surface area contributed by atoms with Gasteiger partial charge in [0.2, 0.25) is 21.8 Å². The fourth-order valence-corrected chi connectivity index (χ4v) is 6.01. The van der Waals surface area contributed by atoms with Crippen molar-refractivity contribution in [3.8, 4) is 0 Å². The van der Waals surface area contributed by atoms with Crippen LogP contribution in [-0.4, -0.2) is 50.0 Å². The smallest absolute Gasteiger partial charge is 0.244 e. The van der Waals surface area contributed by atoms with Crippen molar-refractivity contribution in [3.63, 3.8) is 0 Å². The van der Waals surface area contributed by atoms with Crippen LogP contribution in [0.3, 0.4) is 0 Å². The highest BCUT2D eigenvalue weighted by Gasteiger charge is 2.34. The van der Waals surface area contributed by atoms with Crippen LogP contribution in [-0.2, 0) is 32.6 Å². The van der Waals surface area contributed by atoms with Crippen molar-refractivity contribution >= 4 is 73.9 Å². The van der Waals surface area contributed by atoms with Crippen LogP contribution >= 0.6 is 46.4 Å². The van der Waals surface area contributed by atoms with Gasteiger partial charge in [-0.25, -0.2) is 8.42 Å². The topological polar surface area (TPSA) is 86.8 Å². The van der Waals surface area contributed by atoms with Gasteiger partial charge in [0.25, 0.3) is 0 Å². The van der Waals surface area contributed by atoms with E-state index in [4.69, 9.17) is 46.4 Å². The number of amides is 2. The Labute approximate surface area is 255 Å². The van der Waals surface area contributed by atoms with Crippen LogP contribution in [0.2, 0.25) is 20.1 Å². The highest BCUT2D eigenvalue weighted by Crippen LogP contribution is 2.31. The second kappa shape index (κ2) is 13.9. The summed E-state index contributed by atoms with van der Waals surface area (Å²) in [4.78, 5) is 29.0. The molecule has 0 aliphatic rings. The normalized spacial score (nSPS) is 12.2. The molecular formula is C28H29Cl4N3O4S. The lowest BCUT2D eigenvalue weighted by Gasteiger charge is -2.34. The molecule has 1 atom stereocenters. The molecule has 3 aromatic carbocycles. The monoisotopic (exact) mass is 643 g/mol. The molecule has 0 aliphatic carbocycles. The fraction of sp³-hybridized carbons (Fsp3) is 0.286. The zero-order chi connectivity index (χ0) is 29.6. The van der Waals surface area contributed by atoms with E-state index in [9.17, 15) is 18.0 Å². The summed E-state index contributed by atoms with van der Waals surface area (Å²) in [5, 5.41) is 3.83. The molecular weight excluding hydrogens is 616 g/mol. The lowest BCUT2D eigenvalue weighted by molar-refractivity contribution is -0.140. The first-order valence-electron chi connectivity index (χ1n) is 12.3. The average Bonchev–Trinajstić information content (AvgIpc) is 2.86. The summed E-state index contributed by atoms with van der Waals surface area (Å²) in [6, 6.07) is 17.2. The maximum atomic E-state index is 14.1. The van der Waals surface area contributed by atoms with Crippen molar-refractivity contribution in [2.45, 2.75) is 38.9 Å². The van der Waals surface area contributed by atoms with Gasteiger partial charge in [0.05, 0.1) is 17.0 Å². The molecule has 12 heteroatoms. The molecule has 0 radical (unpaired) electrons. The van der Waals surface area contributed by atoms with Crippen LogP contribution in [0.4, 0.5) is 5.69 Å². The Morgan fingerprint density at radius 1 is 0.875 bits per heavy atom. The third-order valence-electron chi connectivity index (χ3n) is 5.95. The van der Waals surface area contributed by atoms with Crippen LogP contribution in [0, 0.1) is 0 Å². The van der Waals surface area contributed by atoms with E-state index in [1.54, 1.807) is 18.2 Å². The van der Waals surface area contributed by atoms with E-state index in [0.717, 1.165) is 16.1 Å². The highest BCUT2D eigenvalue weighted by molar-refractivity contribution is 7.92. The Morgan fingerprint density at radius 3 is 2.05 bits per heavy atom. The van der Waals surface area contributed by atoms with Crippen molar-refractivity contribution in [2.24, 2.45) is 0 Å². The number of carbonyl (C=O) groups is 2. The van der Waals surface area contributed by atoms with E-state index < -0.39 is 34.4 Å². The molecule has 0 saturated carbocycles. The Bertz CT molecular complexity index is 1450. The fourth-order valence-electron chi connectivity index (χ4n) is 4.07. The predicted octanol–water partition coefficient (Wildman–Crippen LogP) is 6.23. The molecule has 3 aromatic rings. The number of halogens is 4. The van der Waals surface area contributed by atoms with Gasteiger partial charge in [-0.15, -0.1) is 0 Å². The maximum absolute atomic E-state index is 14.1. The first-order valence-corrected chi connectivity index (χ1v) is 15.6. The number of benzene rings is 3.